The molecule has 1 N–H and O–H groups in total. The molecule has 9 heteroatoms. The first-order valence-corrected chi connectivity index (χ1v) is 13.3. The summed E-state index contributed by atoms with van der Waals surface area (Å²) in [5.74, 6) is 2.10. The Balaban J connectivity index is 1.54. The largest absolute Gasteiger partial charge is 0.490 e. The zero-order valence-corrected chi connectivity index (χ0v) is 23.4. The number of ether oxygens (including phenoxy) is 2. The Morgan fingerprint density at radius 3 is 2.70 bits per heavy atom. The molecule has 1 fully saturated rings. The molecular formula is C28H25BrClN3O3S. The quantitative estimate of drug-likeness (QED) is 0.169. The van der Waals surface area contributed by atoms with Crippen molar-refractivity contribution in [1.82, 2.24) is 10.3 Å². The fraction of sp³-hybridized carbons (Fsp3) is 0.214. The third-order valence-corrected chi connectivity index (χ3v) is 7.41. The minimum absolute atomic E-state index is 0.231. The average Bonchev–Trinajstić information content (AvgIpc) is 3.50. The predicted octanol–water partition coefficient (Wildman–Crippen LogP) is 7.27. The Morgan fingerprint density at radius 1 is 1.11 bits per heavy atom. The SMILES string of the molecule is COCCOc1ccc(N2C(=S)N[C@@H](c3ccccn3)[C@H]2c2ccc(-c3ccc(C)cc3Br)o2)cc1Cl. The van der Waals surface area contributed by atoms with E-state index in [4.69, 9.17) is 37.7 Å². The monoisotopic (exact) mass is 597 g/mol. The van der Waals surface area contributed by atoms with Crippen molar-refractivity contribution in [3.8, 4) is 17.1 Å². The summed E-state index contributed by atoms with van der Waals surface area (Å²) in [4.78, 5) is 6.63. The zero-order chi connectivity index (χ0) is 25.9. The lowest BCUT2D eigenvalue weighted by molar-refractivity contribution is 0.146. The summed E-state index contributed by atoms with van der Waals surface area (Å²) in [7, 11) is 1.63. The number of nitrogens with zero attached hydrogens (tertiary/aromatic N) is 2. The summed E-state index contributed by atoms with van der Waals surface area (Å²) in [6.07, 6.45) is 1.78. The van der Waals surface area contributed by atoms with Crippen LogP contribution in [0.5, 0.6) is 5.75 Å². The van der Waals surface area contributed by atoms with Gasteiger partial charge in [0, 0.05) is 29.0 Å². The number of aryl methyl sites for hydroxylation is 1. The fourth-order valence-corrected chi connectivity index (χ4v) is 5.65. The number of aromatic nitrogens is 1. The molecule has 2 atom stereocenters. The van der Waals surface area contributed by atoms with Crippen LogP contribution in [0, 0.1) is 6.92 Å². The van der Waals surface area contributed by atoms with Crippen LogP contribution in [0.3, 0.4) is 0 Å². The first-order valence-electron chi connectivity index (χ1n) is 11.7. The molecule has 0 bridgehead atoms. The molecular weight excluding hydrogens is 574 g/mol. The summed E-state index contributed by atoms with van der Waals surface area (Å²) in [6, 6.07) is 21.1. The van der Waals surface area contributed by atoms with Gasteiger partial charge in [-0.2, -0.15) is 0 Å². The Hall–Kier alpha value is -2.91. The highest BCUT2D eigenvalue weighted by Crippen LogP contribution is 2.44. The molecule has 5 rings (SSSR count). The topological polar surface area (TPSA) is 59.8 Å². The molecule has 3 heterocycles. The van der Waals surface area contributed by atoms with Gasteiger partial charge in [0.25, 0.3) is 0 Å². The maximum Gasteiger partial charge on any atom is 0.174 e. The van der Waals surface area contributed by atoms with Crippen LogP contribution < -0.4 is 15.0 Å². The van der Waals surface area contributed by atoms with E-state index >= 15 is 0 Å². The van der Waals surface area contributed by atoms with Gasteiger partial charge in [-0.05, 0) is 79.3 Å². The van der Waals surface area contributed by atoms with Gasteiger partial charge in [0.15, 0.2) is 5.11 Å². The van der Waals surface area contributed by atoms with Crippen LogP contribution in [-0.4, -0.2) is 30.4 Å². The van der Waals surface area contributed by atoms with Gasteiger partial charge in [-0.15, -0.1) is 0 Å². The normalized spacial score (nSPS) is 17.2. The lowest BCUT2D eigenvalue weighted by Crippen LogP contribution is -2.29. The molecule has 1 aliphatic heterocycles. The van der Waals surface area contributed by atoms with E-state index in [1.54, 1.807) is 13.3 Å². The molecule has 2 aromatic heterocycles. The first kappa shape index (κ1) is 25.7. The number of halogens is 2. The van der Waals surface area contributed by atoms with Crippen molar-refractivity contribution in [2.45, 2.75) is 19.0 Å². The second kappa shape index (κ2) is 11.2. The van der Waals surface area contributed by atoms with Crippen molar-refractivity contribution < 1.29 is 13.9 Å². The molecule has 4 aromatic rings. The fourth-order valence-electron chi connectivity index (χ4n) is 4.39. The van der Waals surface area contributed by atoms with Gasteiger partial charge in [0.2, 0.25) is 0 Å². The number of thiocarbonyl (C=S) groups is 1. The smallest absolute Gasteiger partial charge is 0.174 e. The van der Waals surface area contributed by atoms with Gasteiger partial charge in [0.05, 0.1) is 23.4 Å². The van der Waals surface area contributed by atoms with Crippen molar-refractivity contribution >= 4 is 50.5 Å². The standard InChI is InChI=1S/C28H25BrClN3O3S/c1-17-6-8-19(20(29)15-17)23-10-11-25(36-23)27-26(22-5-3-4-12-31-22)32-28(37)33(27)18-7-9-24(21(30)16-18)35-14-13-34-2/h3-12,15-16,26-27H,13-14H2,1-2H3,(H,32,37)/t26-,27+/m0/s1. The minimum Gasteiger partial charge on any atom is -0.490 e. The molecule has 37 heavy (non-hydrogen) atoms. The maximum atomic E-state index is 6.60. The third-order valence-electron chi connectivity index (χ3n) is 6.15. The lowest BCUT2D eigenvalue weighted by Gasteiger charge is -2.26. The van der Waals surface area contributed by atoms with E-state index in [1.807, 2.05) is 53.4 Å². The third kappa shape index (κ3) is 5.38. The number of hydrogen-bond acceptors (Lipinski definition) is 5. The average molecular weight is 599 g/mol. The van der Waals surface area contributed by atoms with E-state index in [0.29, 0.717) is 29.1 Å². The second-order valence-electron chi connectivity index (χ2n) is 8.64. The number of hydrogen-bond donors (Lipinski definition) is 1. The van der Waals surface area contributed by atoms with Crippen LogP contribution in [0.4, 0.5) is 5.69 Å². The summed E-state index contributed by atoms with van der Waals surface area (Å²) in [6.45, 7) is 2.94. The summed E-state index contributed by atoms with van der Waals surface area (Å²) in [5, 5.41) is 4.49. The van der Waals surface area contributed by atoms with Crippen molar-refractivity contribution in [2.75, 3.05) is 25.2 Å². The first-order chi connectivity index (χ1) is 18.0. The number of rotatable bonds is 8. The number of methoxy groups -OCH3 is 1. The molecule has 1 aliphatic rings. The molecule has 0 spiro atoms. The molecule has 0 saturated carbocycles. The van der Waals surface area contributed by atoms with E-state index in [2.05, 4.69) is 51.4 Å². The van der Waals surface area contributed by atoms with Crippen LogP contribution in [0.15, 0.2) is 81.8 Å². The highest BCUT2D eigenvalue weighted by molar-refractivity contribution is 9.10. The molecule has 2 aromatic carbocycles. The molecule has 6 nitrogen and oxygen atoms in total. The molecule has 0 unspecified atom stereocenters. The van der Waals surface area contributed by atoms with E-state index in [-0.39, 0.29) is 12.1 Å². The van der Waals surface area contributed by atoms with Gasteiger partial charge in [0.1, 0.15) is 29.9 Å². The maximum absolute atomic E-state index is 6.60. The predicted molar refractivity (Wildman–Crippen MR) is 153 cm³/mol. The Bertz CT molecular complexity index is 1420. The highest BCUT2D eigenvalue weighted by atomic mass is 79.9. The van der Waals surface area contributed by atoms with E-state index in [0.717, 1.165) is 32.9 Å². The Labute approximate surface area is 234 Å². The van der Waals surface area contributed by atoms with Crippen molar-refractivity contribution in [1.29, 1.82) is 0 Å². The second-order valence-corrected chi connectivity index (χ2v) is 10.3. The van der Waals surface area contributed by atoms with Gasteiger partial charge >= 0.3 is 0 Å². The lowest BCUT2D eigenvalue weighted by atomic mass is 10.0. The van der Waals surface area contributed by atoms with Gasteiger partial charge in [-0.1, -0.05) is 39.7 Å². The van der Waals surface area contributed by atoms with Crippen LogP contribution in [-0.2, 0) is 4.74 Å². The van der Waals surface area contributed by atoms with E-state index < -0.39 is 0 Å². The van der Waals surface area contributed by atoms with Gasteiger partial charge in [-0.25, -0.2) is 0 Å². The van der Waals surface area contributed by atoms with Crippen LogP contribution in [0.1, 0.15) is 29.1 Å². The molecule has 1 saturated heterocycles. The Morgan fingerprint density at radius 2 is 1.97 bits per heavy atom. The zero-order valence-electron chi connectivity index (χ0n) is 20.3. The number of benzene rings is 2. The molecule has 0 aliphatic carbocycles. The number of nitrogens with one attached hydrogen (secondary N) is 1. The number of furan rings is 1. The van der Waals surface area contributed by atoms with Crippen molar-refractivity contribution in [2.24, 2.45) is 0 Å². The highest BCUT2D eigenvalue weighted by Gasteiger charge is 2.42. The molecule has 0 radical (unpaired) electrons. The van der Waals surface area contributed by atoms with Crippen LogP contribution >= 0.6 is 39.7 Å². The van der Waals surface area contributed by atoms with Crippen molar-refractivity contribution in [3.63, 3.8) is 0 Å². The van der Waals surface area contributed by atoms with E-state index in [9.17, 15) is 0 Å². The van der Waals surface area contributed by atoms with Crippen LogP contribution in [0.2, 0.25) is 5.02 Å². The summed E-state index contributed by atoms with van der Waals surface area (Å²) < 4.78 is 18.3. The summed E-state index contributed by atoms with van der Waals surface area (Å²) >= 11 is 16.1. The molecule has 0 amide bonds. The Kier molecular flexibility index (Phi) is 7.81. The van der Waals surface area contributed by atoms with Gasteiger partial charge in [-0.3, -0.25) is 4.98 Å². The van der Waals surface area contributed by atoms with Crippen LogP contribution in [0.25, 0.3) is 11.3 Å². The van der Waals surface area contributed by atoms with E-state index in [1.165, 1.54) is 5.56 Å². The van der Waals surface area contributed by atoms with Crippen molar-refractivity contribution in [3.05, 3.63) is 99.4 Å². The minimum atomic E-state index is -0.295. The van der Waals surface area contributed by atoms with Gasteiger partial charge < -0.3 is 24.1 Å². The number of anilines is 1. The summed E-state index contributed by atoms with van der Waals surface area (Å²) in [5.41, 5.74) is 3.82. The molecule has 190 valence electrons. The number of pyridine rings is 1.